The fourth-order valence-corrected chi connectivity index (χ4v) is 4.77. The minimum absolute atomic E-state index is 0.0513. The molecule has 1 N–H and O–H groups in total. The molecule has 3 heterocycles. The second-order valence-corrected chi connectivity index (χ2v) is 9.53. The Morgan fingerprint density at radius 1 is 0.860 bits per heavy atom. The van der Waals surface area contributed by atoms with Crippen LogP contribution in [0.2, 0.25) is 0 Å². The van der Waals surface area contributed by atoms with E-state index in [4.69, 9.17) is 14.2 Å². The standard InChI is InChI=1S/C31H23F4N3O5/c1-14-27(18-6-5-17(32)11-20(18)34)30(40)28(15(2)37-14)23(39)10-16-9-21(35)25(12-19(16)33)43-24-7-8-36-22-13-26(41-3)31(42-4)38-29(22)24/h5-9,11-13H,10H2,1-4H3,(H,37,40). The summed E-state index contributed by atoms with van der Waals surface area (Å²) in [6.45, 7) is 2.96. The van der Waals surface area contributed by atoms with E-state index in [1.807, 2.05) is 0 Å². The van der Waals surface area contributed by atoms with Crippen LogP contribution in [0.25, 0.3) is 22.2 Å². The number of Topliss-reactive ketones (excluding diaryl/α,β-unsaturated/α-hetero) is 1. The van der Waals surface area contributed by atoms with Crippen LogP contribution < -0.4 is 19.6 Å². The van der Waals surface area contributed by atoms with Crippen LogP contribution in [0.4, 0.5) is 17.6 Å². The summed E-state index contributed by atoms with van der Waals surface area (Å²) in [5.41, 5.74) is -0.957. The number of rotatable bonds is 8. The highest BCUT2D eigenvalue weighted by Crippen LogP contribution is 2.35. The van der Waals surface area contributed by atoms with E-state index in [0.29, 0.717) is 17.3 Å². The van der Waals surface area contributed by atoms with Crippen molar-refractivity contribution in [3.8, 4) is 34.3 Å². The molecule has 0 saturated carbocycles. The Bertz CT molecular complexity index is 1980. The van der Waals surface area contributed by atoms with Gasteiger partial charge in [-0.1, -0.05) is 0 Å². The van der Waals surface area contributed by atoms with Gasteiger partial charge in [-0.2, -0.15) is 0 Å². The molecular formula is C31H23F4N3O5. The number of fused-ring (bicyclic) bond motifs is 1. The number of ether oxygens (including phenoxy) is 3. The van der Waals surface area contributed by atoms with Gasteiger partial charge in [-0.05, 0) is 37.6 Å². The molecule has 0 radical (unpaired) electrons. The van der Waals surface area contributed by atoms with Gasteiger partial charge in [0.2, 0.25) is 5.43 Å². The SMILES string of the molecule is COc1cc2nccc(Oc3cc(F)c(CC(=O)c4c(C)[nH]c(C)c(-c5ccc(F)cc5F)c4=O)cc3F)c2nc1OC. The summed E-state index contributed by atoms with van der Waals surface area (Å²) in [7, 11) is 2.81. The van der Waals surface area contributed by atoms with Gasteiger partial charge >= 0.3 is 0 Å². The first kappa shape index (κ1) is 29.2. The van der Waals surface area contributed by atoms with Gasteiger partial charge in [0.05, 0.1) is 30.9 Å². The number of carbonyl (C=O) groups excluding carboxylic acids is 1. The zero-order valence-electron chi connectivity index (χ0n) is 23.3. The second kappa shape index (κ2) is 11.6. The van der Waals surface area contributed by atoms with Crippen molar-refractivity contribution in [3.05, 3.63) is 105 Å². The lowest BCUT2D eigenvalue weighted by atomic mass is 9.95. The molecule has 5 rings (SSSR count). The average molecular weight is 594 g/mol. The summed E-state index contributed by atoms with van der Waals surface area (Å²) in [5, 5.41) is 0. The highest BCUT2D eigenvalue weighted by Gasteiger charge is 2.24. The number of hydrogen-bond donors (Lipinski definition) is 1. The van der Waals surface area contributed by atoms with Crippen molar-refractivity contribution in [1.29, 1.82) is 0 Å². The molecule has 0 amide bonds. The van der Waals surface area contributed by atoms with Gasteiger partial charge in [0.25, 0.3) is 5.88 Å². The van der Waals surface area contributed by atoms with Crippen molar-refractivity contribution in [3.63, 3.8) is 0 Å². The molecule has 0 spiro atoms. The molecule has 8 nitrogen and oxygen atoms in total. The Labute approximate surface area is 241 Å². The van der Waals surface area contributed by atoms with Crippen molar-refractivity contribution in [2.45, 2.75) is 20.3 Å². The maximum atomic E-state index is 15.2. The molecule has 0 bridgehead atoms. The molecule has 43 heavy (non-hydrogen) atoms. The summed E-state index contributed by atoms with van der Waals surface area (Å²) in [4.78, 5) is 38.0. The molecule has 3 aromatic heterocycles. The number of H-pyrrole nitrogens is 1. The lowest BCUT2D eigenvalue weighted by Gasteiger charge is -2.14. The van der Waals surface area contributed by atoms with E-state index < -0.39 is 46.7 Å². The van der Waals surface area contributed by atoms with Crippen molar-refractivity contribution in [2.24, 2.45) is 0 Å². The number of hydrogen-bond acceptors (Lipinski definition) is 7. The Balaban J connectivity index is 1.47. The fraction of sp³-hybridized carbons (Fsp3) is 0.161. The predicted molar refractivity (Wildman–Crippen MR) is 149 cm³/mol. The molecule has 0 unspecified atom stereocenters. The van der Waals surface area contributed by atoms with Gasteiger partial charge in [-0.15, -0.1) is 0 Å². The number of aromatic nitrogens is 3. The number of aryl methyl sites for hydroxylation is 2. The quantitative estimate of drug-likeness (QED) is 0.164. The summed E-state index contributed by atoms with van der Waals surface area (Å²) in [6.07, 6.45) is 0.707. The van der Waals surface area contributed by atoms with E-state index in [1.165, 1.54) is 40.3 Å². The molecule has 0 aliphatic carbocycles. The summed E-state index contributed by atoms with van der Waals surface area (Å²) in [5.74, 6) is -4.62. The molecule has 0 atom stereocenters. The second-order valence-electron chi connectivity index (χ2n) is 9.53. The van der Waals surface area contributed by atoms with Crippen molar-refractivity contribution >= 4 is 16.8 Å². The van der Waals surface area contributed by atoms with Crippen LogP contribution in [-0.2, 0) is 6.42 Å². The fourth-order valence-electron chi connectivity index (χ4n) is 4.77. The molecule has 0 aliphatic heterocycles. The Morgan fingerprint density at radius 3 is 2.33 bits per heavy atom. The minimum Gasteiger partial charge on any atom is -0.491 e. The van der Waals surface area contributed by atoms with Gasteiger partial charge in [0, 0.05) is 53.8 Å². The number of methoxy groups -OCH3 is 2. The van der Waals surface area contributed by atoms with E-state index in [9.17, 15) is 18.4 Å². The maximum absolute atomic E-state index is 15.2. The number of nitrogens with one attached hydrogen (secondary N) is 1. The largest absolute Gasteiger partial charge is 0.491 e. The van der Waals surface area contributed by atoms with Crippen LogP contribution in [0.5, 0.6) is 23.1 Å². The zero-order chi connectivity index (χ0) is 31.0. The van der Waals surface area contributed by atoms with Gasteiger partial charge in [0.15, 0.2) is 28.8 Å². The van der Waals surface area contributed by atoms with Crippen LogP contribution >= 0.6 is 0 Å². The average Bonchev–Trinajstić information content (AvgIpc) is 2.95. The molecule has 220 valence electrons. The smallest absolute Gasteiger partial charge is 0.257 e. The van der Waals surface area contributed by atoms with E-state index in [-0.39, 0.29) is 50.8 Å². The Hall–Kier alpha value is -5.26. The van der Waals surface area contributed by atoms with E-state index >= 15 is 8.78 Å². The number of pyridine rings is 3. The maximum Gasteiger partial charge on any atom is 0.257 e. The lowest BCUT2D eigenvalue weighted by Crippen LogP contribution is -2.23. The van der Waals surface area contributed by atoms with Crippen molar-refractivity contribution < 1.29 is 36.6 Å². The van der Waals surface area contributed by atoms with E-state index in [1.54, 1.807) is 6.07 Å². The summed E-state index contributed by atoms with van der Waals surface area (Å²) < 4.78 is 74.4. The van der Waals surface area contributed by atoms with Crippen molar-refractivity contribution in [1.82, 2.24) is 15.0 Å². The lowest BCUT2D eigenvalue weighted by molar-refractivity contribution is 0.0989. The third kappa shape index (κ3) is 5.51. The normalized spacial score (nSPS) is 11.1. The summed E-state index contributed by atoms with van der Waals surface area (Å²) in [6, 6.07) is 7.22. The number of benzene rings is 2. The van der Waals surface area contributed by atoms with Crippen LogP contribution in [0.15, 0.2) is 53.5 Å². The van der Waals surface area contributed by atoms with Crippen LogP contribution in [-0.4, -0.2) is 35.0 Å². The van der Waals surface area contributed by atoms with Crippen LogP contribution in [0.1, 0.15) is 27.3 Å². The molecule has 0 saturated heterocycles. The van der Waals surface area contributed by atoms with Gasteiger partial charge in [-0.25, -0.2) is 22.5 Å². The summed E-state index contributed by atoms with van der Waals surface area (Å²) >= 11 is 0. The van der Waals surface area contributed by atoms with E-state index in [2.05, 4.69) is 15.0 Å². The molecule has 5 aromatic rings. The topological polar surface area (TPSA) is 103 Å². The van der Waals surface area contributed by atoms with E-state index in [0.717, 1.165) is 24.3 Å². The minimum atomic E-state index is -0.991. The highest BCUT2D eigenvalue weighted by molar-refractivity contribution is 5.99. The van der Waals surface area contributed by atoms with Crippen molar-refractivity contribution in [2.75, 3.05) is 14.2 Å². The number of ketones is 1. The number of carbonyl (C=O) groups is 1. The van der Waals surface area contributed by atoms with Gasteiger partial charge in [0.1, 0.15) is 23.0 Å². The number of halogens is 4. The third-order valence-corrected chi connectivity index (χ3v) is 6.75. The van der Waals surface area contributed by atoms with Gasteiger partial charge in [-0.3, -0.25) is 14.6 Å². The first-order valence-corrected chi connectivity index (χ1v) is 12.8. The Morgan fingerprint density at radius 2 is 1.63 bits per heavy atom. The van der Waals surface area contributed by atoms with Gasteiger partial charge < -0.3 is 19.2 Å². The molecule has 2 aromatic carbocycles. The monoisotopic (exact) mass is 593 g/mol. The van der Waals surface area contributed by atoms with Crippen LogP contribution in [0.3, 0.4) is 0 Å². The molecule has 0 aliphatic rings. The number of nitrogens with zero attached hydrogens (tertiary/aromatic N) is 2. The molecule has 12 heteroatoms. The molecular weight excluding hydrogens is 570 g/mol. The molecule has 0 fully saturated rings. The number of aromatic amines is 1. The zero-order valence-corrected chi connectivity index (χ0v) is 23.3. The first-order valence-electron chi connectivity index (χ1n) is 12.8. The third-order valence-electron chi connectivity index (χ3n) is 6.75. The highest BCUT2D eigenvalue weighted by atomic mass is 19.1. The predicted octanol–water partition coefficient (Wildman–Crippen LogP) is 6.39. The Kier molecular flexibility index (Phi) is 7.85. The van der Waals surface area contributed by atoms with Crippen LogP contribution in [0, 0.1) is 37.1 Å². The first-order chi connectivity index (χ1) is 20.5.